The van der Waals surface area contributed by atoms with Gasteiger partial charge in [-0.15, -0.1) is 0 Å². The Bertz CT molecular complexity index is 335. The number of ether oxygens (including phenoxy) is 1. The average molecular weight is 251 g/mol. The highest BCUT2D eigenvalue weighted by Gasteiger charge is 2.15. The monoisotopic (exact) mass is 251 g/mol. The summed E-state index contributed by atoms with van der Waals surface area (Å²) in [4.78, 5) is 0. The molecule has 0 aliphatic rings. The molecule has 0 heterocycles. The minimum absolute atomic E-state index is 0.0277. The lowest BCUT2D eigenvalue weighted by Crippen LogP contribution is -2.43. The Hall–Kier alpha value is -1.06. The van der Waals surface area contributed by atoms with Crippen LogP contribution in [0.15, 0.2) is 24.3 Å². The van der Waals surface area contributed by atoms with E-state index in [1.54, 1.807) is 0 Å². The van der Waals surface area contributed by atoms with Crippen molar-refractivity contribution in [3.05, 3.63) is 29.8 Å². The van der Waals surface area contributed by atoms with Crippen molar-refractivity contribution >= 4 is 0 Å². The van der Waals surface area contributed by atoms with Crippen molar-refractivity contribution in [2.75, 3.05) is 6.61 Å². The van der Waals surface area contributed by atoms with Crippen molar-refractivity contribution in [1.29, 1.82) is 0 Å². The van der Waals surface area contributed by atoms with E-state index in [9.17, 15) is 5.11 Å². The van der Waals surface area contributed by atoms with Crippen LogP contribution in [0.1, 0.15) is 33.3 Å². The van der Waals surface area contributed by atoms with Gasteiger partial charge in [0.25, 0.3) is 0 Å². The van der Waals surface area contributed by atoms with Crippen LogP contribution in [0.4, 0.5) is 0 Å². The minimum atomic E-state index is -0.502. The molecule has 3 nitrogen and oxygen atoms in total. The Kier molecular flexibility index (Phi) is 6.16. The first-order chi connectivity index (χ1) is 8.52. The zero-order valence-corrected chi connectivity index (χ0v) is 11.8. The highest BCUT2D eigenvalue weighted by Crippen LogP contribution is 2.13. The molecule has 1 aromatic rings. The van der Waals surface area contributed by atoms with E-state index >= 15 is 0 Å². The summed E-state index contributed by atoms with van der Waals surface area (Å²) < 4.78 is 5.58. The van der Waals surface area contributed by atoms with Gasteiger partial charge in [-0.05, 0) is 31.0 Å². The van der Waals surface area contributed by atoms with Gasteiger partial charge in [0.1, 0.15) is 18.5 Å². The SMILES string of the molecule is CCc1ccc(OCC(O)C(C)NC(C)C)cc1. The normalized spacial score (nSPS) is 14.6. The lowest BCUT2D eigenvalue weighted by Gasteiger charge is -2.22. The summed E-state index contributed by atoms with van der Waals surface area (Å²) in [6.45, 7) is 8.53. The summed E-state index contributed by atoms with van der Waals surface area (Å²) >= 11 is 0. The summed E-state index contributed by atoms with van der Waals surface area (Å²) in [5, 5.41) is 13.2. The Morgan fingerprint density at radius 3 is 2.28 bits per heavy atom. The van der Waals surface area contributed by atoms with Gasteiger partial charge in [-0.3, -0.25) is 0 Å². The summed E-state index contributed by atoms with van der Waals surface area (Å²) in [5.74, 6) is 0.808. The summed E-state index contributed by atoms with van der Waals surface area (Å²) in [6.07, 6.45) is 0.524. The topological polar surface area (TPSA) is 41.5 Å². The second kappa shape index (κ2) is 7.39. The molecule has 0 aromatic heterocycles. The average Bonchev–Trinajstić information content (AvgIpc) is 2.35. The lowest BCUT2D eigenvalue weighted by molar-refractivity contribution is 0.0759. The second-order valence-electron chi connectivity index (χ2n) is 4.99. The van der Waals surface area contributed by atoms with Gasteiger partial charge in [-0.2, -0.15) is 0 Å². The van der Waals surface area contributed by atoms with E-state index in [2.05, 4.69) is 38.2 Å². The molecule has 0 saturated carbocycles. The maximum atomic E-state index is 9.94. The Morgan fingerprint density at radius 2 is 1.78 bits per heavy atom. The molecule has 18 heavy (non-hydrogen) atoms. The molecule has 1 rings (SSSR count). The molecule has 0 saturated heterocycles. The highest BCUT2D eigenvalue weighted by molar-refractivity contribution is 5.27. The third-order valence-electron chi connectivity index (χ3n) is 2.93. The van der Waals surface area contributed by atoms with Crippen molar-refractivity contribution in [3.63, 3.8) is 0 Å². The van der Waals surface area contributed by atoms with Crippen LogP contribution >= 0.6 is 0 Å². The molecule has 0 aliphatic heterocycles. The summed E-state index contributed by atoms with van der Waals surface area (Å²) in [7, 11) is 0. The third-order valence-corrected chi connectivity index (χ3v) is 2.93. The van der Waals surface area contributed by atoms with Crippen LogP contribution in [-0.4, -0.2) is 29.9 Å². The number of aliphatic hydroxyl groups is 1. The molecule has 2 atom stereocenters. The van der Waals surface area contributed by atoms with Gasteiger partial charge in [0.2, 0.25) is 0 Å². The number of aliphatic hydroxyl groups excluding tert-OH is 1. The maximum Gasteiger partial charge on any atom is 0.119 e. The van der Waals surface area contributed by atoms with Crippen molar-refractivity contribution < 1.29 is 9.84 Å². The van der Waals surface area contributed by atoms with Gasteiger partial charge in [0.05, 0.1) is 0 Å². The lowest BCUT2D eigenvalue weighted by atomic mass is 10.1. The number of hydrogen-bond acceptors (Lipinski definition) is 3. The zero-order valence-electron chi connectivity index (χ0n) is 11.8. The van der Waals surface area contributed by atoms with Crippen LogP contribution in [0.2, 0.25) is 0 Å². The molecule has 0 amide bonds. The molecule has 0 spiro atoms. The molecule has 3 heteroatoms. The van der Waals surface area contributed by atoms with Crippen LogP contribution in [0, 0.1) is 0 Å². The van der Waals surface area contributed by atoms with Crippen molar-refractivity contribution in [2.24, 2.45) is 0 Å². The third kappa shape index (κ3) is 5.07. The Labute approximate surface area is 110 Å². The van der Waals surface area contributed by atoms with Crippen LogP contribution in [-0.2, 0) is 6.42 Å². The smallest absolute Gasteiger partial charge is 0.119 e. The van der Waals surface area contributed by atoms with Gasteiger partial charge in [-0.1, -0.05) is 32.9 Å². The fourth-order valence-electron chi connectivity index (χ4n) is 1.78. The molecule has 0 radical (unpaired) electrons. The molecule has 1 aromatic carbocycles. The van der Waals surface area contributed by atoms with Gasteiger partial charge in [0.15, 0.2) is 0 Å². The summed E-state index contributed by atoms with van der Waals surface area (Å²) in [6, 6.07) is 8.39. The van der Waals surface area contributed by atoms with Gasteiger partial charge < -0.3 is 15.2 Å². The standard InChI is InChI=1S/C15H25NO2/c1-5-13-6-8-14(9-7-13)18-10-15(17)12(4)16-11(2)3/h6-9,11-12,15-17H,5,10H2,1-4H3. The van der Waals surface area contributed by atoms with Crippen molar-refractivity contribution in [2.45, 2.75) is 52.3 Å². The summed E-state index contributed by atoms with van der Waals surface area (Å²) in [5.41, 5.74) is 1.29. The van der Waals surface area contributed by atoms with E-state index in [-0.39, 0.29) is 6.04 Å². The van der Waals surface area contributed by atoms with Crippen LogP contribution in [0.25, 0.3) is 0 Å². The number of benzene rings is 1. The van der Waals surface area contributed by atoms with E-state index in [0.717, 1.165) is 12.2 Å². The van der Waals surface area contributed by atoms with Gasteiger partial charge in [-0.25, -0.2) is 0 Å². The van der Waals surface area contributed by atoms with Crippen molar-refractivity contribution in [1.82, 2.24) is 5.32 Å². The molecule has 2 unspecified atom stereocenters. The van der Waals surface area contributed by atoms with E-state index < -0.39 is 6.10 Å². The first kappa shape index (κ1) is 15.0. The molecule has 0 aliphatic carbocycles. The molecule has 0 fully saturated rings. The fraction of sp³-hybridized carbons (Fsp3) is 0.600. The van der Waals surface area contributed by atoms with Crippen LogP contribution in [0.3, 0.4) is 0 Å². The molecule has 102 valence electrons. The van der Waals surface area contributed by atoms with Crippen LogP contribution in [0.5, 0.6) is 5.75 Å². The fourth-order valence-corrected chi connectivity index (χ4v) is 1.78. The second-order valence-corrected chi connectivity index (χ2v) is 4.99. The van der Waals surface area contributed by atoms with E-state index in [1.165, 1.54) is 5.56 Å². The number of aryl methyl sites for hydroxylation is 1. The maximum absolute atomic E-state index is 9.94. The Morgan fingerprint density at radius 1 is 1.17 bits per heavy atom. The number of nitrogens with one attached hydrogen (secondary N) is 1. The predicted molar refractivity (Wildman–Crippen MR) is 75.1 cm³/mol. The minimum Gasteiger partial charge on any atom is -0.491 e. The number of rotatable bonds is 7. The molecule has 0 bridgehead atoms. The Balaban J connectivity index is 2.39. The van der Waals surface area contributed by atoms with E-state index in [4.69, 9.17) is 4.74 Å². The van der Waals surface area contributed by atoms with Gasteiger partial charge >= 0.3 is 0 Å². The number of hydrogen-bond donors (Lipinski definition) is 2. The zero-order chi connectivity index (χ0) is 13.5. The predicted octanol–water partition coefficient (Wildman–Crippen LogP) is 2.38. The molecule has 2 N–H and O–H groups in total. The van der Waals surface area contributed by atoms with Gasteiger partial charge in [0, 0.05) is 12.1 Å². The quantitative estimate of drug-likeness (QED) is 0.782. The largest absolute Gasteiger partial charge is 0.491 e. The van der Waals surface area contributed by atoms with E-state index in [0.29, 0.717) is 12.6 Å². The molecular formula is C15H25NO2. The highest BCUT2D eigenvalue weighted by atomic mass is 16.5. The van der Waals surface area contributed by atoms with Crippen LogP contribution < -0.4 is 10.1 Å². The first-order valence-corrected chi connectivity index (χ1v) is 6.68. The van der Waals surface area contributed by atoms with Crippen molar-refractivity contribution in [3.8, 4) is 5.75 Å². The molecular weight excluding hydrogens is 226 g/mol. The first-order valence-electron chi connectivity index (χ1n) is 6.68. The van der Waals surface area contributed by atoms with E-state index in [1.807, 2.05) is 19.1 Å².